The highest BCUT2D eigenvalue weighted by atomic mass is 35.5. The number of pyridine rings is 1. The third kappa shape index (κ3) is 5.87. The molecule has 2 aliphatic heterocycles. The largest absolute Gasteiger partial charge is 0.489 e. The van der Waals surface area contributed by atoms with Gasteiger partial charge in [0, 0.05) is 57.1 Å². The van der Waals surface area contributed by atoms with Crippen LogP contribution in [0.2, 0.25) is 5.02 Å². The smallest absolute Gasteiger partial charge is 0.254 e. The van der Waals surface area contributed by atoms with E-state index in [1.165, 1.54) is 0 Å². The molecule has 7 nitrogen and oxygen atoms in total. The van der Waals surface area contributed by atoms with E-state index in [0.29, 0.717) is 48.4 Å². The van der Waals surface area contributed by atoms with E-state index < -0.39 is 0 Å². The van der Waals surface area contributed by atoms with Gasteiger partial charge in [-0.3, -0.25) is 14.7 Å². The van der Waals surface area contributed by atoms with Crippen LogP contribution in [0.1, 0.15) is 28.8 Å². The number of fused-ring (bicyclic) bond motifs is 1. The van der Waals surface area contributed by atoms with E-state index in [0.717, 1.165) is 51.3 Å². The van der Waals surface area contributed by atoms with Crippen LogP contribution in [0.5, 0.6) is 11.5 Å². The van der Waals surface area contributed by atoms with Crippen LogP contribution in [-0.4, -0.2) is 73.3 Å². The Morgan fingerprint density at radius 2 is 1.87 bits per heavy atom. The number of halogens is 1. The third-order valence-electron chi connectivity index (χ3n) is 5.47. The van der Waals surface area contributed by atoms with Gasteiger partial charge in [0.05, 0.1) is 31.5 Å². The summed E-state index contributed by atoms with van der Waals surface area (Å²) in [6.45, 7) is 6.61. The van der Waals surface area contributed by atoms with E-state index in [4.69, 9.17) is 25.8 Å². The van der Waals surface area contributed by atoms with Crippen molar-refractivity contribution < 1.29 is 19.0 Å². The molecule has 0 saturated carbocycles. The zero-order chi connectivity index (χ0) is 21.5. The van der Waals surface area contributed by atoms with Crippen LogP contribution in [0.25, 0.3) is 0 Å². The Morgan fingerprint density at radius 1 is 1.10 bits per heavy atom. The highest BCUT2D eigenvalue weighted by molar-refractivity contribution is 6.32. The average molecular weight is 446 g/mol. The summed E-state index contributed by atoms with van der Waals surface area (Å²) >= 11 is 6.43. The molecule has 166 valence electrons. The molecular formula is C23H28ClN3O4. The first kappa shape index (κ1) is 21.9. The molecule has 1 saturated heterocycles. The molecule has 0 spiro atoms. The standard InChI is InChI=1S/C23H28ClN3O4/c24-20-15-19(16-21-22(20)31-12-2-11-30-21)23(28)27(17-18-3-5-25-6-4-18)8-1-7-26-9-13-29-14-10-26/h3-6,15-16H,1-2,7-14,17H2. The normalized spacial score (nSPS) is 16.5. The molecule has 8 heteroatoms. The summed E-state index contributed by atoms with van der Waals surface area (Å²) in [6.07, 6.45) is 5.16. The Kier molecular flexibility index (Phi) is 7.61. The van der Waals surface area contributed by atoms with Gasteiger partial charge in [-0.15, -0.1) is 0 Å². The van der Waals surface area contributed by atoms with Gasteiger partial charge in [-0.05, 0) is 36.2 Å². The molecule has 0 bridgehead atoms. The minimum absolute atomic E-state index is 0.0728. The van der Waals surface area contributed by atoms with Crippen LogP contribution < -0.4 is 9.47 Å². The van der Waals surface area contributed by atoms with E-state index in [1.807, 2.05) is 17.0 Å². The highest BCUT2D eigenvalue weighted by Gasteiger charge is 2.22. The Bertz CT molecular complexity index is 875. The second-order valence-electron chi connectivity index (χ2n) is 7.73. The molecule has 31 heavy (non-hydrogen) atoms. The molecule has 2 aromatic rings. The number of carbonyl (C=O) groups excluding carboxylic acids is 1. The summed E-state index contributed by atoms with van der Waals surface area (Å²) in [5.74, 6) is 0.977. The van der Waals surface area contributed by atoms with Crippen LogP contribution in [0.15, 0.2) is 36.7 Å². The molecule has 4 rings (SSSR count). The molecule has 3 heterocycles. The molecule has 2 aliphatic rings. The van der Waals surface area contributed by atoms with Crippen molar-refractivity contribution in [1.29, 1.82) is 0 Å². The summed E-state index contributed by atoms with van der Waals surface area (Å²) in [5, 5.41) is 0.403. The molecule has 1 aromatic heterocycles. The maximum Gasteiger partial charge on any atom is 0.254 e. The fourth-order valence-corrected chi connectivity index (χ4v) is 4.07. The van der Waals surface area contributed by atoms with Crippen molar-refractivity contribution in [1.82, 2.24) is 14.8 Å². The molecule has 0 unspecified atom stereocenters. The molecule has 1 aromatic carbocycles. The number of ether oxygens (including phenoxy) is 3. The van der Waals surface area contributed by atoms with Crippen molar-refractivity contribution in [3.8, 4) is 11.5 Å². The minimum Gasteiger partial charge on any atom is -0.489 e. The van der Waals surface area contributed by atoms with Gasteiger partial charge in [-0.2, -0.15) is 0 Å². The first-order chi connectivity index (χ1) is 15.2. The van der Waals surface area contributed by atoms with E-state index in [-0.39, 0.29) is 5.91 Å². The fourth-order valence-electron chi connectivity index (χ4n) is 3.81. The lowest BCUT2D eigenvalue weighted by atomic mass is 10.1. The second kappa shape index (κ2) is 10.8. The number of hydrogen-bond acceptors (Lipinski definition) is 6. The topological polar surface area (TPSA) is 64.1 Å². The quantitative estimate of drug-likeness (QED) is 0.651. The predicted octanol–water partition coefficient (Wildman–Crippen LogP) is 3.26. The first-order valence-electron chi connectivity index (χ1n) is 10.8. The summed E-state index contributed by atoms with van der Waals surface area (Å²) < 4.78 is 16.9. The third-order valence-corrected chi connectivity index (χ3v) is 5.75. The number of benzene rings is 1. The number of rotatable bonds is 7. The lowest BCUT2D eigenvalue weighted by molar-refractivity contribution is 0.0355. The van der Waals surface area contributed by atoms with Gasteiger partial charge in [0.25, 0.3) is 5.91 Å². The summed E-state index contributed by atoms with van der Waals surface area (Å²) in [5.41, 5.74) is 1.55. The summed E-state index contributed by atoms with van der Waals surface area (Å²) in [7, 11) is 0. The Morgan fingerprint density at radius 3 is 2.68 bits per heavy atom. The van der Waals surface area contributed by atoms with E-state index in [2.05, 4.69) is 9.88 Å². The van der Waals surface area contributed by atoms with Crippen LogP contribution >= 0.6 is 11.6 Å². The van der Waals surface area contributed by atoms with Gasteiger partial charge in [-0.25, -0.2) is 0 Å². The van der Waals surface area contributed by atoms with Gasteiger partial charge in [0.1, 0.15) is 0 Å². The van der Waals surface area contributed by atoms with Gasteiger partial charge >= 0.3 is 0 Å². The van der Waals surface area contributed by atoms with Gasteiger partial charge in [0.15, 0.2) is 11.5 Å². The van der Waals surface area contributed by atoms with Crippen molar-refractivity contribution in [3.05, 3.63) is 52.8 Å². The molecule has 1 fully saturated rings. The zero-order valence-corrected chi connectivity index (χ0v) is 18.4. The molecule has 0 N–H and O–H groups in total. The van der Waals surface area contributed by atoms with Gasteiger partial charge < -0.3 is 19.1 Å². The van der Waals surface area contributed by atoms with Crippen molar-refractivity contribution in [3.63, 3.8) is 0 Å². The maximum atomic E-state index is 13.5. The number of nitrogens with zero attached hydrogens (tertiary/aromatic N) is 3. The molecule has 0 aliphatic carbocycles. The Labute approximate surface area is 187 Å². The molecule has 1 amide bonds. The Hall–Kier alpha value is -2.35. The van der Waals surface area contributed by atoms with Crippen LogP contribution in [0.3, 0.4) is 0 Å². The number of aromatic nitrogens is 1. The minimum atomic E-state index is -0.0728. The second-order valence-corrected chi connectivity index (χ2v) is 8.13. The van der Waals surface area contributed by atoms with Crippen molar-refractivity contribution in [2.75, 3.05) is 52.6 Å². The van der Waals surface area contributed by atoms with Crippen LogP contribution in [-0.2, 0) is 11.3 Å². The maximum absolute atomic E-state index is 13.5. The van der Waals surface area contributed by atoms with Crippen LogP contribution in [0, 0.1) is 0 Å². The average Bonchev–Trinajstić information content (AvgIpc) is 3.05. The predicted molar refractivity (Wildman–Crippen MR) is 118 cm³/mol. The summed E-state index contributed by atoms with van der Waals surface area (Å²) in [4.78, 5) is 21.8. The van der Waals surface area contributed by atoms with Gasteiger partial charge in [0.2, 0.25) is 0 Å². The van der Waals surface area contributed by atoms with Crippen molar-refractivity contribution in [2.24, 2.45) is 0 Å². The van der Waals surface area contributed by atoms with Crippen molar-refractivity contribution >= 4 is 17.5 Å². The fraction of sp³-hybridized carbons (Fsp3) is 0.478. The summed E-state index contributed by atoms with van der Waals surface area (Å²) in [6, 6.07) is 7.29. The number of morpholine rings is 1. The number of amides is 1. The first-order valence-corrected chi connectivity index (χ1v) is 11.2. The number of carbonyl (C=O) groups is 1. The monoisotopic (exact) mass is 445 g/mol. The number of hydrogen-bond donors (Lipinski definition) is 0. The van der Waals surface area contributed by atoms with E-state index >= 15 is 0 Å². The van der Waals surface area contributed by atoms with Crippen LogP contribution in [0.4, 0.5) is 0 Å². The Balaban J connectivity index is 1.50. The SMILES string of the molecule is O=C(c1cc(Cl)c2c(c1)OCCCO2)N(CCCN1CCOCC1)Cc1ccncc1. The lowest BCUT2D eigenvalue weighted by Crippen LogP contribution is -2.39. The zero-order valence-electron chi connectivity index (χ0n) is 17.6. The van der Waals surface area contributed by atoms with E-state index in [1.54, 1.807) is 24.5 Å². The molecular weight excluding hydrogens is 418 g/mol. The van der Waals surface area contributed by atoms with E-state index in [9.17, 15) is 4.79 Å². The molecule has 0 atom stereocenters. The lowest BCUT2D eigenvalue weighted by Gasteiger charge is -2.28. The molecule has 0 radical (unpaired) electrons. The van der Waals surface area contributed by atoms with Crippen molar-refractivity contribution in [2.45, 2.75) is 19.4 Å². The highest BCUT2D eigenvalue weighted by Crippen LogP contribution is 2.38. The van der Waals surface area contributed by atoms with Gasteiger partial charge in [-0.1, -0.05) is 11.6 Å².